The molecule has 0 fully saturated rings. The molecule has 1 aromatic carbocycles. The number of hydrogen-bond acceptors (Lipinski definition) is 6. The summed E-state index contributed by atoms with van der Waals surface area (Å²) >= 11 is 6.06. The summed E-state index contributed by atoms with van der Waals surface area (Å²) < 4.78 is 16.1. The van der Waals surface area contributed by atoms with E-state index in [2.05, 4.69) is 10.1 Å². The van der Waals surface area contributed by atoms with Gasteiger partial charge in [-0.05, 0) is 19.0 Å². The van der Waals surface area contributed by atoms with Gasteiger partial charge in [-0.3, -0.25) is 0 Å². The van der Waals surface area contributed by atoms with E-state index in [0.29, 0.717) is 47.6 Å². The maximum Gasteiger partial charge on any atom is 0.226 e. The van der Waals surface area contributed by atoms with Crippen LogP contribution in [-0.4, -0.2) is 23.8 Å². The predicted octanol–water partition coefficient (Wildman–Crippen LogP) is 2.37. The smallest absolute Gasteiger partial charge is 0.226 e. The summed E-state index contributed by atoms with van der Waals surface area (Å²) in [6.07, 6.45) is 1.33. The van der Waals surface area contributed by atoms with Gasteiger partial charge >= 0.3 is 0 Å². The van der Waals surface area contributed by atoms with Crippen molar-refractivity contribution in [3.8, 4) is 11.5 Å². The second-order valence-corrected chi connectivity index (χ2v) is 4.82. The van der Waals surface area contributed by atoms with E-state index >= 15 is 0 Å². The van der Waals surface area contributed by atoms with E-state index in [4.69, 9.17) is 31.3 Å². The summed E-state index contributed by atoms with van der Waals surface area (Å²) in [4.78, 5) is 4.20. The topological polar surface area (TPSA) is 83.4 Å². The molecule has 0 bridgehead atoms. The summed E-state index contributed by atoms with van der Waals surface area (Å²) in [5, 5.41) is 4.43. The lowest BCUT2D eigenvalue weighted by atomic mass is 10.1. The maximum absolute atomic E-state index is 6.06. The zero-order chi connectivity index (χ0) is 15.2. The Bertz CT molecular complexity index is 601. The number of aromatic nitrogens is 2. The molecule has 21 heavy (non-hydrogen) atoms. The fourth-order valence-corrected chi connectivity index (χ4v) is 2.14. The molecule has 0 radical (unpaired) electrons. The normalized spacial score (nSPS) is 10.7. The van der Waals surface area contributed by atoms with Crippen molar-refractivity contribution in [1.29, 1.82) is 0 Å². The predicted molar refractivity (Wildman–Crippen MR) is 78.8 cm³/mol. The van der Waals surface area contributed by atoms with E-state index in [1.807, 2.05) is 13.0 Å². The van der Waals surface area contributed by atoms with Gasteiger partial charge in [0.1, 0.15) is 0 Å². The van der Waals surface area contributed by atoms with E-state index in [9.17, 15) is 0 Å². The number of benzene rings is 1. The van der Waals surface area contributed by atoms with Gasteiger partial charge < -0.3 is 19.7 Å². The molecule has 0 aliphatic carbocycles. The molecule has 0 aliphatic rings. The molecule has 0 saturated carbocycles. The van der Waals surface area contributed by atoms with Crippen LogP contribution in [0.15, 0.2) is 16.7 Å². The molecular weight excluding hydrogens is 294 g/mol. The number of hydrogen-bond donors (Lipinski definition) is 1. The lowest BCUT2D eigenvalue weighted by Crippen LogP contribution is -2.07. The van der Waals surface area contributed by atoms with Gasteiger partial charge in [-0.15, -0.1) is 0 Å². The van der Waals surface area contributed by atoms with Gasteiger partial charge in [0.2, 0.25) is 11.7 Å². The minimum Gasteiger partial charge on any atom is -0.493 e. The average Bonchev–Trinajstić information content (AvgIpc) is 2.94. The summed E-state index contributed by atoms with van der Waals surface area (Å²) in [6, 6.07) is 3.52. The zero-order valence-corrected chi connectivity index (χ0v) is 12.8. The van der Waals surface area contributed by atoms with Crippen molar-refractivity contribution in [1.82, 2.24) is 10.1 Å². The first-order valence-corrected chi connectivity index (χ1v) is 7.06. The minimum absolute atomic E-state index is 0.194. The lowest BCUT2D eigenvalue weighted by Gasteiger charge is -2.14. The van der Waals surface area contributed by atoms with Crippen molar-refractivity contribution in [2.75, 3.05) is 13.7 Å². The Labute approximate surface area is 128 Å². The van der Waals surface area contributed by atoms with Gasteiger partial charge in [0, 0.05) is 23.1 Å². The Balaban J connectivity index is 2.20. The van der Waals surface area contributed by atoms with Crippen LogP contribution in [0, 0.1) is 0 Å². The molecule has 0 aliphatic heterocycles. The molecule has 7 heteroatoms. The highest BCUT2D eigenvalue weighted by Crippen LogP contribution is 2.35. The van der Waals surface area contributed by atoms with E-state index in [1.54, 1.807) is 13.2 Å². The molecule has 0 saturated heterocycles. The molecule has 0 spiro atoms. The molecule has 2 rings (SSSR count). The van der Waals surface area contributed by atoms with E-state index in [1.165, 1.54) is 0 Å². The van der Waals surface area contributed by atoms with Crippen molar-refractivity contribution >= 4 is 11.6 Å². The molecule has 6 nitrogen and oxygen atoms in total. The van der Waals surface area contributed by atoms with Crippen LogP contribution in [0.2, 0.25) is 5.02 Å². The Morgan fingerprint density at radius 2 is 2.19 bits per heavy atom. The summed E-state index contributed by atoms with van der Waals surface area (Å²) in [6.45, 7) is 2.63. The third-order valence-corrected chi connectivity index (χ3v) is 3.11. The van der Waals surface area contributed by atoms with Gasteiger partial charge in [-0.2, -0.15) is 4.98 Å². The fourth-order valence-electron chi connectivity index (χ4n) is 1.91. The van der Waals surface area contributed by atoms with Crippen molar-refractivity contribution in [3.05, 3.63) is 34.4 Å². The highest BCUT2D eigenvalue weighted by molar-refractivity contribution is 6.30. The van der Waals surface area contributed by atoms with Crippen LogP contribution < -0.4 is 15.2 Å². The first-order valence-electron chi connectivity index (χ1n) is 6.68. The van der Waals surface area contributed by atoms with Gasteiger partial charge in [0.25, 0.3) is 0 Å². The third kappa shape index (κ3) is 3.86. The number of nitrogens with zero attached hydrogens (tertiary/aromatic N) is 2. The van der Waals surface area contributed by atoms with Crippen LogP contribution >= 0.6 is 11.6 Å². The van der Waals surface area contributed by atoms with Crippen LogP contribution in [-0.2, 0) is 19.4 Å². The number of ether oxygens (including phenoxy) is 2. The molecule has 0 amide bonds. The third-order valence-electron chi connectivity index (χ3n) is 2.89. The van der Waals surface area contributed by atoms with E-state index in [-0.39, 0.29) is 6.61 Å². The van der Waals surface area contributed by atoms with Gasteiger partial charge in [0.05, 0.1) is 7.11 Å². The molecule has 0 atom stereocenters. The van der Waals surface area contributed by atoms with E-state index < -0.39 is 0 Å². The molecule has 1 heterocycles. The van der Waals surface area contributed by atoms with Crippen LogP contribution in [0.25, 0.3) is 0 Å². The first-order chi connectivity index (χ1) is 10.2. The number of methoxy groups -OCH3 is 1. The second-order valence-electron chi connectivity index (χ2n) is 4.38. The summed E-state index contributed by atoms with van der Waals surface area (Å²) in [5.41, 5.74) is 6.51. The van der Waals surface area contributed by atoms with Crippen molar-refractivity contribution < 1.29 is 14.0 Å². The highest BCUT2D eigenvalue weighted by Gasteiger charge is 2.14. The zero-order valence-electron chi connectivity index (χ0n) is 12.1. The van der Waals surface area contributed by atoms with Crippen molar-refractivity contribution in [2.45, 2.75) is 26.4 Å². The van der Waals surface area contributed by atoms with Gasteiger partial charge in [-0.25, -0.2) is 0 Å². The van der Waals surface area contributed by atoms with Crippen molar-refractivity contribution in [2.24, 2.45) is 5.73 Å². The molecule has 114 valence electrons. The lowest BCUT2D eigenvalue weighted by molar-refractivity contribution is 0.266. The Kier molecular flexibility index (Phi) is 5.41. The molecule has 2 aromatic rings. The Morgan fingerprint density at radius 3 is 2.81 bits per heavy atom. The first kappa shape index (κ1) is 15.6. The van der Waals surface area contributed by atoms with Crippen LogP contribution in [0.1, 0.15) is 24.2 Å². The van der Waals surface area contributed by atoms with Crippen LogP contribution in [0.5, 0.6) is 11.5 Å². The number of rotatable bonds is 7. The van der Waals surface area contributed by atoms with Crippen LogP contribution in [0.3, 0.4) is 0 Å². The number of halogens is 1. The summed E-state index contributed by atoms with van der Waals surface area (Å²) in [7, 11) is 1.56. The molecule has 2 N–H and O–H groups in total. The average molecular weight is 312 g/mol. The molecule has 1 aromatic heterocycles. The van der Waals surface area contributed by atoms with Crippen LogP contribution in [0.4, 0.5) is 0 Å². The largest absolute Gasteiger partial charge is 0.493 e. The second kappa shape index (κ2) is 7.28. The Hall–Kier alpha value is -1.79. The Morgan fingerprint density at radius 1 is 1.38 bits per heavy atom. The number of nitrogens with two attached hydrogens (primary N) is 1. The van der Waals surface area contributed by atoms with E-state index in [0.717, 1.165) is 5.56 Å². The molecular formula is C14H18ClN3O3. The quantitative estimate of drug-likeness (QED) is 0.845. The van der Waals surface area contributed by atoms with Crippen molar-refractivity contribution in [3.63, 3.8) is 0 Å². The minimum atomic E-state index is 0.194. The number of aryl methyl sites for hydroxylation is 1. The standard InChI is InChI=1S/C14H18ClN3O3/c1-3-13-17-12(18-21-13)8-20-14-9(4-5-16)6-10(15)7-11(14)19-2/h6-7H,3-5,8,16H2,1-2H3. The SMILES string of the molecule is CCc1nc(COc2c(CCN)cc(Cl)cc2OC)no1. The maximum atomic E-state index is 6.06. The van der Waals surface area contributed by atoms with Gasteiger partial charge in [-0.1, -0.05) is 23.7 Å². The monoisotopic (exact) mass is 311 g/mol. The molecule has 0 unspecified atom stereocenters. The highest BCUT2D eigenvalue weighted by atomic mass is 35.5. The summed E-state index contributed by atoms with van der Waals surface area (Å²) in [5.74, 6) is 2.24. The fraction of sp³-hybridized carbons (Fsp3) is 0.429. The van der Waals surface area contributed by atoms with Gasteiger partial charge in [0.15, 0.2) is 18.1 Å².